The highest BCUT2D eigenvalue weighted by atomic mass is 16.5. The number of ether oxygens (including phenoxy) is 2. The topological polar surface area (TPSA) is 31.6 Å². The van der Waals surface area contributed by atoms with Crippen molar-refractivity contribution in [3.63, 3.8) is 0 Å². The molecule has 0 radical (unpaired) electrons. The summed E-state index contributed by atoms with van der Waals surface area (Å²) in [4.78, 5) is 0. The normalized spacial score (nSPS) is 12.7. The molecule has 0 atom stereocenters. The van der Waals surface area contributed by atoms with Crippen LogP contribution in [-0.4, -0.2) is 6.71 Å². The summed E-state index contributed by atoms with van der Waals surface area (Å²) < 4.78 is 20.0. The van der Waals surface area contributed by atoms with Gasteiger partial charge in [0.25, 0.3) is 6.71 Å². The molecule has 0 spiro atoms. The van der Waals surface area contributed by atoms with Crippen LogP contribution in [0.4, 0.5) is 0 Å². The number of fused-ring (bicyclic) bond motifs is 11. The highest BCUT2D eigenvalue weighted by Gasteiger charge is 2.40. The van der Waals surface area contributed by atoms with Crippen LogP contribution >= 0.6 is 0 Å². The van der Waals surface area contributed by atoms with E-state index in [2.05, 4.69) is 133 Å². The zero-order valence-corrected chi connectivity index (χ0v) is 24.7. The van der Waals surface area contributed by atoms with Crippen LogP contribution in [0.2, 0.25) is 0 Å². The van der Waals surface area contributed by atoms with Gasteiger partial charge in [-0.2, -0.15) is 0 Å². The lowest BCUT2D eigenvalue weighted by atomic mass is 9.35. The first-order valence-electron chi connectivity index (χ1n) is 15.6. The summed E-state index contributed by atoms with van der Waals surface area (Å²) in [6, 6.07) is 52.9. The van der Waals surface area contributed by atoms with Crippen LogP contribution in [-0.2, 0) is 0 Å². The van der Waals surface area contributed by atoms with Gasteiger partial charge in [-0.25, -0.2) is 0 Å². The maximum atomic E-state index is 6.87. The van der Waals surface area contributed by atoms with E-state index in [1.165, 1.54) is 10.8 Å². The fourth-order valence-corrected chi connectivity index (χ4v) is 7.37. The van der Waals surface area contributed by atoms with Crippen molar-refractivity contribution in [2.24, 2.45) is 0 Å². The van der Waals surface area contributed by atoms with Crippen LogP contribution in [0, 0.1) is 0 Å². The molecule has 1 aromatic heterocycles. The van der Waals surface area contributed by atoms with E-state index < -0.39 is 0 Å². The van der Waals surface area contributed by atoms with E-state index >= 15 is 0 Å². The molecule has 3 nitrogen and oxygen atoms in total. The Balaban J connectivity index is 1.26. The Labute approximate surface area is 265 Å². The third kappa shape index (κ3) is 3.74. The highest BCUT2D eigenvalue weighted by molar-refractivity contribution is 6.98. The van der Waals surface area contributed by atoms with Crippen LogP contribution in [0.1, 0.15) is 0 Å². The molecule has 0 N–H and O–H groups in total. The van der Waals surface area contributed by atoms with Crippen LogP contribution in [0.25, 0.3) is 54.6 Å². The third-order valence-electron chi connectivity index (χ3n) is 9.44. The summed E-state index contributed by atoms with van der Waals surface area (Å²) in [6.07, 6.45) is 0. The second-order valence-electron chi connectivity index (χ2n) is 12.0. The Bertz CT molecular complexity index is 2550. The molecule has 0 saturated heterocycles. The maximum Gasteiger partial charge on any atom is 0.260 e. The molecule has 0 amide bonds. The number of para-hydroxylation sites is 3. The van der Waals surface area contributed by atoms with E-state index in [0.29, 0.717) is 0 Å². The molecule has 214 valence electrons. The van der Waals surface area contributed by atoms with Crippen molar-refractivity contribution in [3.8, 4) is 34.1 Å². The fourth-order valence-electron chi connectivity index (χ4n) is 7.37. The minimum Gasteiger partial charge on any atom is -0.458 e. The van der Waals surface area contributed by atoms with Crippen molar-refractivity contribution in [2.75, 3.05) is 0 Å². The molecular formula is C42H25BO3. The zero-order chi connectivity index (χ0) is 30.2. The lowest BCUT2D eigenvalue weighted by Crippen LogP contribution is -2.57. The Morgan fingerprint density at radius 2 is 0.826 bits per heavy atom. The summed E-state index contributed by atoms with van der Waals surface area (Å²) in [5, 5.41) is 6.75. The molecule has 0 unspecified atom stereocenters. The summed E-state index contributed by atoms with van der Waals surface area (Å²) in [7, 11) is 0. The van der Waals surface area contributed by atoms with Gasteiger partial charge in [-0.1, -0.05) is 109 Å². The largest absolute Gasteiger partial charge is 0.458 e. The van der Waals surface area contributed by atoms with Gasteiger partial charge in [-0.3, -0.25) is 0 Å². The SMILES string of the molecule is c1ccc2c(c1)Oc1cc(-c3ccc4c(c3)oc3ccccc3c3ccccc3c3ccccc43)cc3c1B2c1ccccc1O3. The molecule has 7 aromatic carbocycles. The van der Waals surface area contributed by atoms with Crippen LogP contribution in [0.5, 0.6) is 23.0 Å². The second kappa shape index (κ2) is 9.75. The van der Waals surface area contributed by atoms with Crippen LogP contribution in [0.15, 0.2) is 156 Å². The number of hydrogen-bond acceptors (Lipinski definition) is 3. The predicted octanol–water partition coefficient (Wildman–Crippen LogP) is 9.41. The first-order valence-corrected chi connectivity index (χ1v) is 15.6. The second-order valence-corrected chi connectivity index (χ2v) is 12.0. The van der Waals surface area contributed by atoms with E-state index in [-0.39, 0.29) is 6.71 Å². The van der Waals surface area contributed by atoms with E-state index in [0.717, 1.165) is 83.2 Å². The number of hydrogen-bond donors (Lipinski definition) is 0. The Kier molecular flexibility index (Phi) is 5.37. The van der Waals surface area contributed by atoms with Crippen molar-refractivity contribution in [3.05, 3.63) is 152 Å². The lowest BCUT2D eigenvalue weighted by molar-refractivity contribution is 0.465. The average Bonchev–Trinajstić information content (AvgIpc) is 3.16. The molecule has 4 heteroatoms. The highest BCUT2D eigenvalue weighted by Crippen LogP contribution is 2.39. The van der Waals surface area contributed by atoms with Gasteiger partial charge in [0.15, 0.2) is 0 Å². The molecule has 0 saturated carbocycles. The standard InChI is InChI=1S/C42H25BO3/c1-3-13-30-28(11-1)29-12-2-4-14-31(29)33-22-21-26(23-39(33)44-36-18-8-5-15-32(30)36)27-24-40-42-41(25-27)46-38-20-10-7-17-35(38)43(42)34-16-6-9-19-37(34)45-40/h1-25H. The van der Waals surface area contributed by atoms with Crippen molar-refractivity contribution in [2.45, 2.75) is 0 Å². The summed E-state index contributed by atoms with van der Waals surface area (Å²) in [5.74, 6) is 3.40. The maximum absolute atomic E-state index is 6.87. The monoisotopic (exact) mass is 588 g/mol. The summed E-state index contributed by atoms with van der Waals surface area (Å²) in [6.45, 7) is 0.0477. The summed E-state index contributed by atoms with van der Waals surface area (Å²) >= 11 is 0. The first-order chi connectivity index (χ1) is 22.8. The van der Waals surface area contributed by atoms with Gasteiger partial charge in [0.05, 0.1) is 0 Å². The van der Waals surface area contributed by atoms with Crippen LogP contribution in [0.3, 0.4) is 0 Å². The molecule has 8 aromatic rings. The van der Waals surface area contributed by atoms with E-state index in [1.807, 2.05) is 18.2 Å². The molecule has 46 heavy (non-hydrogen) atoms. The van der Waals surface area contributed by atoms with Gasteiger partial charge < -0.3 is 13.9 Å². The first kappa shape index (κ1) is 25.3. The molecule has 0 bridgehead atoms. The third-order valence-corrected chi connectivity index (χ3v) is 9.44. The molecule has 0 aliphatic carbocycles. The van der Waals surface area contributed by atoms with Crippen molar-refractivity contribution in [1.29, 1.82) is 0 Å². The quantitative estimate of drug-likeness (QED) is 0.179. The number of rotatable bonds is 1. The Morgan fingerprint density at radius 3 is 1.43 bits per heavy atom. The average molecular weight is 588 g/mol. The van der Waals surface area contributed by atoms with E-state index in [9.17, 15) is 0 Å². The van der Waals surface area contributed by atoms with Crippen molar-refractivity contribution < 1.29 is 13.9 Å². The van der Waals surface area contributed by atoms with Crippen molar-refractivity contribution >= 4 is 66.6 Å². The Morgan fingerprint density at radius 1 is 0.348 bits per heavy atom. The minimum atomic E-state index is 0.0477. The van der Waals surface area contributed by atoms with Gasteiger partial charge >= 0.3 is 0 Å². The van der Waals surface area contributed by atoms with E-state index in [1.54, 1.807) is 0 Å². The van der Waals surface area contributed by atoms with Gasteiger partial charge in [0, 0.05) is 16.2 Å². The smallest absolute Gasteiger partial charge is 0.260 e. The van der Waals surface area contributed by atoms with E-state index in [4.69, 9.17) is 13.9 Å². The van der Waals surface area contributed by atoms with Gasteiger partial charge in [-0.05, 0) is 86.1 Å². The Hall–Kier alpha value is -6.00. The molecule has 10 rings (SSSR count). The predicted molar refractivity (Wildman–Crippen MR) is 189 cm³/mol. The number of benzene rings is 7. The summed E-state index contributed by atoms with van der Waals surface area (Å²) in [5.41, 5.74) is 7.03. The fraction of sp³-hybridized carbons (Fsp3) is 0. The lowest BCUT2D eigenvalue weighted by Gasteiger charge is -2.33. The van der Waals surface area contributed by atoms with Gasteiger partial charge in [0.2, 0.25) is 0 Å². The van der Waals surface area contributed by atoms with Crippen LogP contribution < -0.4 is 25.9 Å². The van der Waals surface area contributed by atoms with Gasteiger partial charge in [0.1, 0.15) is 34.2 Å². The molecule has 2 aliphatic heterocycles. The molecule has 3 heterocycles. The van der Waals surface area contributed by atoms with Crippen molar-refractivity contribution in [1.82, 2.24) is 0 Å². The zero-order valence-electron chi connectivity index (χ0n) is 24.7. The van der Waals surface area contributed by atoms with Gasteiger partial charge in [-0.15, -0.1) is 0 Å². The minimum absolute atomic E-state index is 0.0477. The molecule has 2 aliphatic rings. The molecule has 0 fully saturated rings. The molecular weight excluding hydrogens is 563 g/mol.